The molecule has 0 aliphatic carbocycles. The SMILES string of the molecule is Nn1cc(C2=CCNCC2)c2ccccc21. The van der Waals surface area contributed by atoms with Crippen LogP contribution >= 0.6 is 0 Å². The first-order valence-corrected chi connectivity index (χ1v) is 5.61. The van der Waals surface area contributed by atoms with Gasteiger partial charge in [0.05, 0.1) is 5.52 Å². The molecule has 3 rings (SSSR count). The molecule has 0 unspecified atom stereocenters. The maximum absolute atomic E-state index is 5.96. The molecule has 2 heterocycles. The average molecular weight is 213 g/mol. The van der Waals surface area contributed by atoms with Crippen molar-refractivity contribution in [3.8, 4) is 0 Å². The predicted octanol–water partition coefficient (Wildman–Crippen LogP) is 1.73. The van der Waals surface area contributed by atoms with Gasteiger partial charge in [0.15, 0.2) is 0 Å². The number of nitrogens with zero attached hydrogens (tertiary/aromatic N) is 1. The Bertz CT molecular complexity index is 551. The molecule has 0 spiro atoms. The van der Waals surface area contributed by atoms with Crippen LogP contribution in [-0.2, 0) is 0 Å². The maximum Gasteiger partial charge on any atom is 0.0696 e. The van der Waals surface area contributed by atoms with Crippen LogP contribution in [0, 0.1) is 0 Å². The Morgan fingerprint density at radius 3 is 2.94 bits per heavy atom. The highest BCUT2D eigenvalue weighted by atomic mass is 15.3. The minimum absolute atomic E-state index is 0.958. The molecule has 3 N–H and O–H groups in total. The number of nitrogens with two attached hydrogens (primary N) is 1. The van der Waals surface area contributed by atoms with Gasteiger partial charge in [-0.15, -0.1) is 0 Å². The number of fused-ring (bicyclic) bond motifs is 1. The molecule has 1 aliphatic heterocycles. The van der Waals surface area contributed by atoms with Crippen molar-refractivity contribution in [1.82, 2.24) is 9.99 Å². The Balaban J connectivity index is 2.20. The second kappa shape index (κ2) is 3.68. The number of nitrogen functional groups attached to an aromatic ring is 1. The van der Waals surface area contributed by atoms with Crippen molar-refractivity contribution in [2.45, 2.75) is 6.42 Å². The summed E-state index contributed by atoms with van der Waals surface area (Å²) in [5, 5.41) is 4.57. The normalized spacial score (nSPS) is 16.4. The summed E-state index contributed by atoms with van der Waals surface area (Å²) in [5.41, 5.74) is 3.77. The van der Waals surface area contributed by atoms with E-state index in [9.17, 15) is 0 Å². The van der Waals surface area contributed by atoms with Gasteiger partial charge in [-0.25, -0.2) is 0 Å². The molecule has 3 heteroatoms. The van der Waals surface area contributed by atoms with Gasteiger partial charge in [-0.1, -0.05) is 24.3 Å². The summed E-state index contributed by atoms with van der Waals surface area (Å²) < 4.78 is 1.72. The summed E-state index contributed by atoms with van der Waals surface area (Å²) in [6.07, 6.45) is 5.36. The van der Waals surface area contributed by atoms with Crippen molar-refractivity contribution in [3.63, 3.8) is 0 Å². The van der Waals surface area contributed by atoms with E-state index in [4.69, 9.17) is 5.84 Å². The number of benzene rings is 1. The quantitative estimate of drug-likeness (QED) is 0.708. The lowest BCUT2D eigenvalue weighted by Crippen LogP contribution is -2.20. The third-order valence-corrected chi connectivity index (χ3v) is 3.15. The third-order valence-electron chi connectivity index (χ3n) is 3.15. The highest BCUT2D eigenvalue weighted by molar-refractivity contribution is 5.93. The number of rotatable bonds is 1. The van der Waals surface area contributed by atoms with Gasteiger partial charge in [-0.05, 0) is 24.6 Å². The molecular formula is C13H15N3. The smallest absolute Gasteiger partial charge is 0.0696 e. The number of hydrogen-bond acceptors (Lipinski definition) is 2. The Kier molecular flexibility index (Phi) is 2.18. The van der Waals surface area contributed by atoms with Gasteiger partial charge in [0, 0.05) is 23.7 Å². The fourth-order valence-electron chi connectivity index (χ4n) is 2.33. The number of hydrogen-bond donors (Lipinski definition) is 2. The van der Waals surface area contributed by atoms with E-state index >= 15 is 0 Å². The largest absolute Gasteiger partial charge is 0.339 e. The molecule has 0 radical (unpaired) electrons. The first-order chi connectivity index (χ1) is 7.86. The molecular weight excluding hydrogens is 198 g/mol. The molecule has 1 aromatic carbocycles. The van der Waals surface area contributed by atoms with E-state index in [1.165, 1.54) is 16.5 Å². The fraction of sp³-hybridized carbons (Fsp3) is 0.231. The fourth-order valence-corrected chi connectivity index (χ4v) is 2.33. The van der Waals surface area contributed by atoms with E-state index in [0.717, 1.165) is 25.0 Å². The molecule has 1 aliphatic rings. The Labute approximate surface area is 94.5 Å². The van der Waals surface area contributed by atoms with E-state index in [1.54, 1.807) is 4.68 Å². The number of para-hydroxylation sites is 1. The summed E-state index contributed by atoms with van der Waals surface area (Å²) in [6, 6.07) is 8.27. The van der Waals surface area contributed by atoms with Gasteiger partial charge in [0.2, 0.25) is 0 Å². The van der Waals surface area contributed by atoms with E-state index in [0.29, 0.717) is 0 Å². The second-order valence-electron chi connectivity index (χ2n) is 4.15. The zero-order chi connectivity index (χ0) is 11.0. The predicted molar refractivity (Wildman–Crippen MR) is 67.6 cm³/mol. The van der Waals surface area contributed by atoms with Crippen molar-refractivity contribution in [2.24, 2.45) is 0 Å². The van der Waals surface area contributed by atoms with E-state index in [-0.39, 0.29) is 0 Å². The molecule has 82 valence electrons. The van der Waals surface area contributed by atoms with Gasteiger partial charge in [-0.2, -0.15) is 0 Å². The van der Waals surface area contributed by atoms with Crippen LogP contribution in [0.5, 0.6) is 0 Å². The Hall–Kier alpha value is -1.74. The van der Waals surface area contributed by atoms with E-state index in [2.05, 4.69) is 29.6 Å². The minimum Gasteiger partial charge on any atom is -0.339 e. The zero-order valence-corrected chi connectivity index (χ0v) is 9.11. The van der Waals surface area contributed by atoms with Crippen LogP contribution < -0.4 is 11.2 Å². The average Bonchev–Trinajstić information content (AvgIpc) is 2.69. The van der Waals surface area contributed by atoms with Gasteiger partial charge < -0.3 is 11.2 Å². The monoisotopic (exact) mass is 213 g/mol. The lowest BCUT2D eigenvalue weighted by molar-refractivity contribution is 0.739. The summed E-state index contributed by atoms with van der Waals surface area (Å²) >= 11 is 0. The van der Waals surface area contributed by atoms with E-state index < -0.39 is 0 Å². The van der Waals surface area contributed by atoms with Crippen molar-refractivity contribution in [2.75, 3.05) is 18.9 Å². The van der Waals surface area contributed by atoms with Crippen molar-refractivity contribution < 1.29 is 0 Å². The zero-order valence-electron chi connectivity index (χ0n) is 9.11. The van der Waals surface area contributed by atoms with Crippen LogP contribution in [0.25, 0.3) is 16.5 Å². The van der Waals surface area contributed by atoms with Gasteiger partial charge in [-0.3, -0.25) is 4.68 Å². The van der Waals surface area contributed by atoms with Crippen LogP contribution in [0.2, 0.25) is 0 Å². The first-order valence-electron chi connectivity index (χ1n) is 5.61. The van der Waals surface area contributed by atoms with Crippen LogP contribution in [0.3, 0.4) is 0 Å². The lowest BCUT2D eigenvalue weighted by atomic mass is 10.00. The summed E-state index contributed by atoms with van der Waals surface area (Å²) in [4.78, 5) is 0. The highest BCUT2D eigenvalue weighted by Gasteiger charge is 2.12. The highest BCUT2D eigenvalue weighted by Crippen LogP contribution is 2.28. The summed E-state index contributed by atoms with van der Waals surface area (Å²) in [6.45, 7) is 2.01. The Morgan fingerprint density at radius 2 is 2.12 bits per heavy atom. The standard InChI is InChI=1S/C13H15N3/c14-16-9-12(10-5-7-15-8-6-10)11-3-1-2-4-13(11)16/h1-5,9,15H,6-8,14H2. The molecule has 2 aromatic rings. The molecule has 0 fully saturated rings. The first kappa shape index (κ1) is 9.48. The lowest BCUT2D eigenvalue weighted by Gasteiger charge is -2.13. The molecule has 1 aromatic heterocycles. The minimum atomic E-state index is 0.958. The molecule has 3 nitrogen and oxygen atoms in total. The van der Waals surface area contributed by atoms with Gasteiger partial charge >= 0.3 is 0 Å². The van der Waals surface area contributed by atoms with Crippen molar-refractivity contribution in [3.05, 3.63) is 42.1 Å². The number of aromatic nitrogens is 1. The molecule has 0 amide bonds. The van der Waals surface area contributed by atoms with Gasteiger partial charge in [0.1, 0.15) is 0 Å². The molecule has 0 bridgehead atoms. The van der Waals surface area contributed by atoms with E-state index in [1.807, 2.05) is 12.3 Å². The Morgan fingerprint density at radius 1 is 1.25 bits per heavy atom. The van der Waals surface area contributed by atoms with Crippen LogP contribution in [-0.4, -0.2) is 17.8 Å². The molecule has 16 heavy (non-hydrogen) atoms. The van der Waals surface area contributed by atoms with Gasteiger partial charge in [0.25, 0.3) is 0 Å². The van der Waals surface area contributed by atoms with Crippen LogP contribution in [0.4, 0.5) is 0 Å². The maximum atomic E-state index is 5.96. The van der Waals surface area contributed by atoms with Crippen molar-refractivity contribution in [1.29, 1.82) is 0 Å². The van der Waals surface area contributed by atoms with Crippen molar-refractivity contribution >= 4 is 16.5 Å². The topological polar surface area (TPSA) is 43.0 Å². The molecule has 0 saturated heterocycles. The molecule has 0 saturated carbocycles. The number of nitrogens with one attached hydrogen (secondary N) is 1. The summed E-state index contributed by atoms with van der Waals surface area (Å²) in [5.74, 6) is 5.96. The molecule has 0 atom stereocenters. The third kappa shape index (κ3) is 1.41. The van der Waals surface area contributed by atoms with Crippen LogP contribution in [0.15, 0.2) is 36.5 Å². The second-order valence-corrected chi connectivity index (χ2v) is 4.15. The summed E-state index contributed by atoms with van der Waals surface area (Å²) in [7, 11) is 0. The van der Waals surface area contributed by atoms with Crippen LogP contribution in [0.1, 0.15) is 12.0 Å².